The quantitative estimate of drug-likeness (QED) is 0.816. The largest absolute Gasteiger partial charge is 0.338 e. The van der Waals surface area contributed by atoms with Crippen LogP contribution in [0.2, 0.25) is 0 Å². The number of carbonyl (C=O) groups is 1. The Morgan fingerprint density at radius 3 is 2.47 bits per heavy atom. The van der Waals surface area contributed by atoms with Crippen LogP contribution in [-0.2, 0) is 0 Å². The molecule has 106 valence electrons. The maximum absolute atomic E-state index is 12.5. The van der Waals surface area contributed by atoms with Crippen LogP contribution in [0, 0.1) is 0 Å². The van der Waals surface area contributed by atoms with Gasteiger partial charge in [-0.2, -0.15) is 0 Å². The van der Waals surface area contributed by atoms with Crippen LogP contribution in [0.1, 0.15) is 40.5 Å². The minimum atomic E-state index is -0.300. The van der Waals surface area contributed by atoms with Crippen molar-refractivity contribution in [1.82, 2.24) is 10.1 Å². The smallest absolute Gasteiger partial charge is 0.325 e. The van der Waals surface area contributed by atoms with Gasteiger partial charge in [0.2, 0.25) is 5.88 Å². The molecule has 1 saturated heterocycles. The number of aromatic nitrogens is 1. The highest BCUT2D eigenvalue weighted by Crippen LogP contribution is 2.38. The summed E-state index contributed by atoms with van der Waals surface area (Å²) in [5.74, 6) is 0.353. The van der Waals surface area contributed by atoms with Gasteiger partial charge in [-0.05, 0) is 40.5 Å². The molecule has 3 N–H and O–H groups in total. The van der Waals surface area contributed by atoms with E-state index in [-0.39, 0.29) is 23.2 Å². The first-order chi connectivity index (χ1) is 8.72. The van der Waals surface area contributed by atoms with Crippen molar-refractivity contribution in [2.75, 3.05) is 5.32 Å². The van der Waals surface area contributed by atoms with Crippen molar-refractivity contribution in [2.45, 2.75) is 57.7 Å². The molecule has 1 fully saturated rings. The molecule has 0 saturated carbocycles. The third kappa shape index (κ3) is 2.73. The van der Waals surface area contributed by atoms with E-state index in [4.69, 9.17) is 10.3 Å². The summed E-state index contributed by atoms with van der Waals surface area (Å²) in [7, 11) is 0. The van der Waals surface area contributed by atoms with E-state index in [1.807, 2.05) is 32.6 Å². The highest BCUT2D eigenvalue weighted by molar-refractivity contribution is 5.89. The zero-order valence-electron chi connectivity index (χ0n) is 11.9. The lowest BCUT2D eigenvalue weighted by Crippen LogP contribution is -2.66. The van der Waals surface area contributed by atoms with Crippen LogP contribution in [0.5, 0.6) is 0 Å². The van der Waals surface area contributed by atoms with Crippen LogP contribution in [0.3, 0.4) is 0 Å². The van der Waals surface area contributed by atoms with Crippen LogP contribution >= 0.6 is 0 Å². The molecule has 0 unspecified atom stereocenters. The third-order valence-corrected chi connectivity index (χ3v) is 3.61. The van der Waals surface area contributed by atoms with Gasteiger partial charge in [0, 0.05) is 23.2 Å². The predicted octanol–water partition coefficient (Wildman–Crippen LogP) is 2.19. The molecule has 0 radical (unpaired) electrons. The van der Waals surface area contributed by atoms with E-state index in [0.29, 0.717) is 5.88 Å². The molecule has 1 aromatic rings. The second kappa shape index (κ2) is 4.52. The normalized spacial score (nSPS) is 22.3. The van der Waals surface area contributed by atoms with E-state index in [0.717, 1.165) is 12.8 Å². The van der Waals surface area contributed by atoms with E-state index in [1.54, 1.807) is 6.07 Å². The summed E-state index contributed by atoms with van der Waals surface area (Å²) in [6.45, 7) is 8.14. The van der Waals surface area contributed by atoms with Gasteiger partial charge in [-0.1, -0.05) is 5.16 Å². The van der Waals surface area contributed by atoms with Gasteiger partial charge in [0.1, 0.15) is 0 Å². The topological polar surface area (TPSA) is 84.4 Å². The van der Waals surface area contributed by atoms with Gasteiger partial charge in [-0.15, -0.1) is 0 Å². The van der Waals surface area contributed by atoms with Crippen molar-refractivity contribution in [3.8, 4) is 0 Å². The van der Waals surface area contributed by atoms with Gasteiger partial charge in [0.05, 0.1) is 6.20 Å². The summed E-state index contributed by atoms with van der Waals surface area (Å²) in [4.78, 5) is 14.3. The zero-order valence-corrected chi connectivity index (χ0v) is 11.9. The lowest BCUT2D eigenvalue weighted by atomic mass is 9.77. The third-order valence-electron chi connectivity index (χ3n) is 3.61. The van der Waals surface area contributed by atoms with Crippen molar-refractivity contribution in [2.24, 2.45) is 5.73 Å². The molecule has 0 bridgehead atoms. The van der Waals surface area contributed by atoms with Gasteiger partial charge in [-0.25, -0.2) is 4.79 Å². The summed E-state index contributed by atoms with van der Waals surface area (Å²) < 4.78 is 4.92. The zero-order chi connectivity index (χ0) is 14.3. The fraction of sp³-hybridized carbons (Fsp3) is 0.692. The van der Waals surface area contributed by atoms with Gasteiger partial charge in [-0.3, -0.25) is 5.32 Å². The SMILES string of the molecule is CC1(C)CC(N)CC(C)(C)N1C(=O)Nc1ccno1. The van der Waals surface area contributed by atoms with E-state index in [2.05, 4.69) is 10.5 Å². The Kier molecular flexibility index (Phi) is 3.30. The number of rotatable bonds is 1. The fourth-order valence-electron chi connectivity index (χ4n) is 3.35. The number of likely N-dealkylation sites (tertiary alicyclic amines) is 1. The summed E-state index contributed by atoms with van der Waals surface area (Å²) in [6.07, 6.45) is 3.05. The molecule has 2 rings (SSSR count). The first-order valence-corrected chi connectivity index (χ1v) is 6.50. The number of nitrogens with zero attached hydrogens (tertiary/aromatic N) is 2. The summed E-state index contributed by atoms with van der Waals surface area (Å²) in [5, 5.41) is 6.31. The number of urea groups is 1. The van der Waals surface area contributed by atoms with Gasteiger partial charge >= 0.3 is 6.03 Å². The standard InChI is InChI=1S/C13H22N4O2/c1-12(2)7-9(14)8-13(3,4)17(12)11(18)16-10-5-6-15-19-10/h5-6,9H,7-8,14H2,1-4H3,(H,16,18). The van der Waals surface area contributed by atoms with Crippen molar-refractivity contribution in [1.29, 1.82) is 0 Å². The molecule has 0 spiro atoms. The molecular weight excluding hydrogens is 244 g/mol. The van der Waals surface area contributed by atoms with Crippen LogP contribution < -0.4 is 11.1 Å². The Morgan fingerprint density at radius 2 is 2.00 bits per heavy atom. The van der Waals surface area contributed by atoms with Gasteiger partial charge < -0.3 is 15.2 Å². The molecule has 6 heteroatoms. The maximum atomic E-state index is 12.5. The number of hydrogen-bond donors (Lipinski definition) is 2. The lowest BCUT2D eigenvalue weighted by molar-refractivity contribution is 0.00858. The van der Waals surface area contributed by atoms with Crippen molar-refractivity contribution < 1.29 is 9.32 Å². The number of carbonyl (C=O) groups excluding carboxylic acids is 1. The summed E-state index contributed by atoms with van der Waals surface area (Å²) in [5.41, 5.74) is 5.50. The Bertz CT molecular complexity index is 435. The van der Waals surface area contributed by atoms with E-state index in [9.17, 15) is 4.79 Å². The molecule has 1 aromatic heterocycles. The minimum absolute atomic E-state index is 0.110. The second-order valence-electron chi connectivity index (χ2n) is 6.44. The van der Waals surface area contributed by atoms with Gasteiger partial charge in [0.25, 0.3) is 0 Å². The first kappa shape index (κ1) is 13.9. The molecule has 0 atom stereocenters. The first-order valence-electron chi connectivity index (χ1n) is 6.50. The average Bonchev–Trinajstić information content (AvgIpc) is 2.64. The monoisotopic (exact) mass is 266 g/mol. The molecule has 1 aliphatic rings. The van der Waals surface area contributed by atoms with Gasteiger partial charge in [0.15, 0.2) is 0 Å². The van der Waals surface area contributed by atoms with Crippen LogP contribution in [0.15, 0.2) is 16.8 Å². The molecule has 2 amide bonds. The summed E-state index contributed by atoms with van der Waals surface area (Å²) >= 11 is 0. The summed E-state index contributed by atoms with van der Waals surface area (Å²) in [6, 6.07) is 1.55. The second-order valence-corrected chi connectivity index (χ2v) is 6.44. The Hall–Kier alpha value is -1.56. The van der Waals surface area contributed by atoms with Crippen molar-refractivity contribution in [3.05, 3.63) is 12.3 Å². The van der Waals surface area contributed by atoms with E-state index < -0.39 is 0 Å². The number of nitrogens with one attached hydrogen (secondary N) is 1. The Labute approximate surface area is 113 Å². The lowest BCUT2D eigenvalue weighted by Gasteiger charge is -2.54. The maximum Gasteiger partial charge on any atom is 0.325 e. The van der Waals surface area contributed by atoms with E-state index in [1.165, 1.54) is 6.20 Å². The number of piperidine rings is 1. The predicted molar refractivity (Wildman–Crippen MR) is 72.7 cm³/mol. The van der Waals surface area contributed by atoms with Crippen molar-refractivity contribution in [3.63, 3.8) is 0 Å². The molecule has 19 heavy (non-hydrogen) atoms. The molecule has 0 aliphatic carbocycles. The highest BCUT2D eigenvalue weighted by Gasteiger charge is 2.47. The number of hydrogen-bond acceptors (Lipinski definition) is 4. The fourth-order valence-corrected chi connectivity index (χ4v) is 3.35. The number of amides is 2. The Morgan fingerprint density at radius 1 is 1.42 bits per heavy atom. The minimum Gasteiger partial charge on any atom is -0.338 e. The highest BCUT2D eigenvalue weighted by atomic mass is 16.5. The number of nitrogens with two attached hydrogens (primary N) is 1. The van der Waals surface area contributed by atoms with E-state index >= 15 is 0 Å². The van der Waals surface area contributed by atoms with Crippen LogP contribution in [0.4, 0.5) is 10.7 Å². The molecule has 6 nitrogen and oxygen atoms in total. The average molecular weight is 266 g/mol. The van der Waals surface area contributed by atoms with Crippen molar-refractivity contribution >= 4 is 11.9 Å². The molecule has 2 heterocycles. The molecule has 1 aliphatic heterocycles. The number of anilines is 1. The molecule has 0 aromatic carbocycles. The van der Waals surface area contributed by atoms with Crippen LogP contribution in [0.25, 0.3) is 0 Å². The molecular formula is C13H22N4O2. The van der Waals surface area contributed by atoms with Crippen LogP contribution in [-0.4, -0.2) is 33.2 Å². The Balaban J connectivity index is 2.22.